The molecule has 0 bridgehead atoms. The number of carbonyl (C=O) groups is 2. The van der Waals surface area contributed by atoms with Crippen molar-refractivity contribution >= 4 is 23.5 Å². The fourth-order valence-electron chi connectivity index (χ4n) is 1.92. The highest BCUT2D eigenvalue weighted by molar-refractivity contribution is 7.99. The highest BCUT2D eigenvalue weighted by Crippen LogP contribution is 2.13. The van der Waals surface area contributed by atoms with E-state index in [1.165, 1.54) is 23.3 Å². The third-order valence-corrected chi connectivity index (χ3v) is 3.90. The summed E-state index contributed by atoms with van der Waals surface area (Å²) >= 11 is 1.18. The molecule has 21 heavy (non-hydrogen) atoms. The van der Waals surface area contributed by atoms with E-state index in [0.29, 0.717) is 11.7 Å². The number of Topliss-reactive ketones (excluding diaryl/α,β-unsaturated/α-hetero) is 1. The van der Waals surface area contributed by atoms with E-state index in [2.05, 4.69) is 15.5 Å². The Balaban J connectivity index is 2.61. The molecular weight excluding hydrogens is 292 g/mol. The van der Waals surface area contributed by atoms with Gasteiger partial charge in [-0.25, -0.2) is 9.89 Å². The fraction of sp³-hybridized carbons (Fsp3) is 0.692. The second-order valence-corrected chi connectivity index (χ2v) is 6.09. The van der Waals surface area contributed by atoms with Crippen molar-refractivity contribution in [2.75, 3.05) is 5.75 Å². The largest absolute Gasteiger partial charge is 0.345 e. The molecule has 0 fully saturated rings. The Kier molecular flexibility index (Phi) is 6.67. The molecule has 0 aromatic carbocycles. The van der Waals surface area contributed by atoms with Crippen molar-refractivity contribution in [2.45, 2.75) is 51.9 Å². The number of nitrogens with one attached hydrogen (secondary N) is 2. The zero-order valence-electron chi connectivity index (χ0n) is 12.8. The van der Waals surface area contributed by atoms with Crippen molar-refractivity contribution < 1.29 is 9.59 Å². The second kappa shape index (κ2) is 8.02. The molecule has 0 saturated carbocycles. The molecular formula is C13H22N4O3S. The summed E-state index contributed by atoms with van der Waals surface area (Å²) in [5.74, 6) is -0.150. The molecule has 1 heterocycles. The minimum absolute atomic E-state index is 0.0418. The molecule has 2 N–H and O–H groups in total. The van der Waals surface area contributed by atoms with Gasteiger partial charge in [-0.15, -0.1) is 5.10 Å². The van der Waals surface area contributed by atoms with Crippen LogP contribution in [0.5, 0.6) is 0 Å². The Morgan fingerprint density at radius 1 is 1.43 bits per heavy atom. The number of ketones is 1. The average molecular weight is 314 g/mol. The van der Waals surface area contributed by atoms with Gasteiger partial charge in [0.1, 0.15) is 0 Å². The van der Waals surface area contributed by atoms with Crippen LogP contribution < -0.4 is 11.0 Å². The minimum atomic E-state index is -0.477. The second-order valence-electron chi connectivity index (χ2n) is 5.15. The summed E-state index contributed by atoms with van der Waals surface area (Å²) in [6.45, 7) is 7.74. The number of hydrogen-bond acceptors (Lipinski definition) is 5. The molecule has 0 aliphatic rings. The van der Waals surface area contributed by atoms with Crippen LogP contribution in [0.25, 0.3) is 0 Å². The van der Waals surface area contributed by atoms with Gasteiger partial charge in [-0.05, 0) is 19.3 Å². The Morgan fingerprint density at radius 3 is 2.62 bits per heavy atom. The smallest absolute Gasteiger partial charge is 0.343 e. The number of H-pyrrole nitrogens is 1. The van der Waals surface area contributed by atoms with E-state index in [9.17, 15) is 14.4 Å². The molecule has 118 valence electrons. The number of nitrogens with zero attached hydrogens (tertiary/aromatic N) is 2. The van der Waals surface area contributed by atoms with Gasteiger partial charge in [0.05, 0.1) is 11.8 Å². The molecule has 1 aromatic rings. The zero-order valence-corrected chi connectivity index (χ0v) is 13.6. The Labute approximate surface area is 127 Å². The summed E-state index contributed by atoms with van der Waals surface area (Å²) in [6, 6.07) is -0.477. The third kappa shape index (κ3) is 5.04. The molecule has 1 unspecified atom stereocenters. The standard InChI is InChI=1S/C13H22N4O3S/c1-5-6-17-12(20)15-16-13(17)21-7-10(19)14-11(8(2)3)9(4)18/h8,11H,5-7H2,1-4H3,(H,14,19)(H,15,20). The maximum absolute atomic E-state index is 11.9. The molecule has 8 heteroatoms. The van der Waals surface area contributed by atoms with Gasteiger partial charge in [0, 0.05) is 6.54 Å². The van der Waals surface area contributed by atoms with E-state index >= 15 is 0 Å². The van der Waals surface area contributed by atoms with E-state index < -0.39 is 6.04 Å². The molecule has 7 nitrogen and oxygen atoms in total. The van der Waals surface area contributed by atoms with Gasteiger partial charge >= 0.3 is 5.69 Å². The van der Waals surface area contributed by atoms with Crippen LogP contribution in [0.15, 0.2) is 9.95 Å². The van der Waals surface area contributed by atoms with E-state index in [-0.39, 0.29) is 29.1 Å². The predicted octanol–water partition coefficient (Wildman–Crippen LogP) is 0.803. The lowest BCUT2D eigenvalue weighted by Gasteiger charge is -2.19. The Hall–Kier alpha value is -1.57. The van der Waals surface area contributed by atoms with Crippen molar-refractivity contribution in [1.82, 2.24) is 20.1 Å². The lowest BCUT2D eigenvalue weighted by molar-refractivity contribution is -0.126. The van der Waals surface area contributed by atoms with Gasteiger partial charge in [0.15, 0.2) is 10.9 Å². The molecule has 0 saturated heterocycles. The summed E-state index contributed by atoms with van der Waals surface area (Å²) in [5.41, 5.74) is -0.274. The van der Waals surface area contributed by atoms with Gasteiger partial charge in [-0.1, -0.05) is 32.5 Å². The molecule has 1 aromatic heterocycles. The van der Waals surface area contributed by atoms with Crippen LogP contribution in [0.4, 0.5) is 0 Å². The van der Waals surface area contributed by atoms with Crippen LogP contribution in [-0.2, 0) is 16.1 Å². The van der Waals surface area contributed by atoms with Crippen molar-refractivity contribution in [3.8, 4) is 0 Å². The lowest BCUT2D eigenvalue weighted by atomic mass is 10.0. The molecule has 0 radical (unpaired) electrons. The van der Waals surface area contributed by atoms with Gasteiger partial charge < -0.3 is 5.32 Å². The Morgan fingerprint density at radius 2 is 2.10 bits per heavy atom. The van der Waals surface area contributed by atoms with Crippen LogP contribution in [0.2, 0.25) is 0 Å². The summed E-state index contributed by atoms with van der Waals surface area (Å²) in [7, 11) is 0. The number of aromatic nitrogens is 3. The number of rotatable bonds is 8. The Bertz CT molecular complexity index is 550. The monoisotopic (exact) mass is 314 g/mol. The highest BCUT2D eigenvalue weighted by atomic mass is 32.2. The molecule has 0 aliphatic carbocycles. The van der Waals surface area contributed by atoms with Crippen molar-refractivity contribution in [2.24, 2.45) is 5.92 Å². The summed E-state index contributed by atoms with van der Waals surface area (Å²) in [5, 5.41) is 9.47. The topological polar surface area (TPSA) is 96.8 Å². The minimum Gasteiger partial charge on any atom is -0.345 e. The van der Waals surface area contributed by atoms with Crippen LogP contribution >= 0.6 is 11.8 Å². The first-order valence-corrected chi connectivity index (χ1v) is 7.93. The van der Waals surface area contributed by atoms with Gasteiger partial charge in [-0.3, -0.25) is 14.2 Å². The molecule has 1 atom stereocenters. The molecule has 1 rings (SSSR count). The van der Waals surface area contributed by atoms with Gasteiger partial charge in [-0.2, -0.15) is 0 Å². The maximum atomic E-state index is 11.9. The first kappa shape index (κ1) is 17.5. The van der Waals surface area contributed by atoms with Crippen molar-refractivity contribution in [3.63, 3.8) is 0 Å². The van der Waals surface area contributed by atoms with Crippen LogP contribution in [0.3, 0.4) is 0 Å². The average Bonchev–Trinajstić information content (AvgIpc) is 2.75. The first-order chi connectivity index (χ1) is 9.86. The maximum Gasteiger partial charge on any atom is 0.343 e. The van der Waals surface area contributed by atoms with E-state index in [1.807, 2.05) is 20.8 Å². The fourth-order valence-corrected chi connectivity index (χ4v) is 2.70. The number of carbonyl (C=O) groups excluding carboxylic acids is 2. The van der Waals surface area contributed by atoms with Gasteiger partial charge in [0.25, 0.3) is 0 Å². The number of aromatic amines is 1. The van der Waals surface area contributed by atoms with E-state index in [4.69, 9.17) is 0 Å². The van der Waals surface area contributed by atoms with Crippen LogP contribution in [-0.4, -0.2) is 38.2 Å². The zero-order chi connectivity index (χ0) is 16.0. The third-order valence-electron chi connectivity index (χ3n) is 2.92. The van der Waals surface area contributed by atoms with E-state index in [1.54, 1.807) is 0 Å². The molecule has 1 amide bonds. The number of thioether (sulfide) groups is 1. The highest BCUT2D eigenvalue weighted by Gasteiger charge is 2.21. The number of hydrogen-bond donors (Lipinski definition) is 2. The van der Waals surface area contributed by atoms with E-state index in [0.717, 1.165) is 6.42 Å². The summed E-state index contributed by atoms with van der Waals surface area (Å²) < 4.78 is 1.50. The number of amides is 1. The summed E-state index contributed by atoms with van der Waals surface area (Å²) in [4.78, 5) is 34.9. The predicted molar refractivity (Wildman–Crippen MR) is 81.3 cm³/mol. The molecule has 0 spiro atoms. The van der Waals surface area contributed by atoms with Gasteiger partial charge in [0.2, 0.25) is 5.91 Å². The first-order valence-electron chi connectivity index (χ1n) is 6.94. The molecule has 0 aliphatic heterocycles. The van der Waals surface area contributed by atoms with Crippen LogP contribution in [0, 0.1) is 5.92 Å². The van der Waals surface area contributed by atoms with Crippen LogP contribution in [0.1, 0.15) is 34.1 Å². The lowest BCUT2D eigenvalue weighted by Crippen LogP contribution is -2.44. The SMILES string of the molecule is CCCn1c(SCC(=O)NC(C(C)=O)C(C)C)n[nH]c1=O. The van der Waals surface area contributed by atoms with Crippen molar-refractivity contribution in [3.05, 3.63) is 10.5 Å². The summed E-state index contributed by atoms with van der Waals surface area (Å²) in [6.07, 6.45) is 0.805. The van der Waals surface area contributed by atoms with Crippen molar-refractivity contribution in [1.29, 1.82) is 0 Å². The quantitative estimate of drug-likeness (QED) is 0.692. The normalized spacial score (nSPS) is 12.4.